The molecule has 0 saturated carbocycles. The summed E-state index contributed by atoms with van der Waals surface area (Å²) in [5.41, 5.74) is 0. The van der Waals surface area contributed by atoms with Crippen LogP contribution >= 0.6 is 0 Å². The van der Waals surface area contributed by atoms with Crippen LogP contribution in [0, 0.1) is 0 Å². The molecule has 0 aromatic heterocycles. The molecular formula is CH7AlMgO3. The van der Waals surface area contributed by atoms with Crippen LogP contribution in [0.5, 0.6) is 0 Å². The molecule has 0 atom stereocenters. The second kappa shape index (κ2) is 9.13. The third kappa shape index (κ3) is 180. The summed E-state index contributed by atoms with van der Waals surface area (Å²) in [4.78, 5) is 8.56. The molecule has 0 saturated heterocycles. The van der Waals surface area contributed by atoms with Crippen LogP contribution in [-0.4, -0.2) is 56.8 Å². The first-order chi connectivity index (χ1) is 1.73. The summed E-state index contributed by atoms with van der Waals surface area (Å²) in [7, 11) is 0. The Bertz CT molecular complexity index is 40.3. The third-order valence-electron chi connectivity index (χ3n) is 0. The molecule has 0 aromatic rings. The maximum absolute atomic E-state index is 8.56. The zero-order valence-electron chi connectivity index (χ0n) is 4.51. The minimum Gasteiger partial charge on any atom is -1.00 e. The van der Waals surface area contributed by atoms with Crippen LogP contribution in [0.15, 0.2) is 0 Å². The van der Waals surface area contributed by atoms with Gasteiger partial charge in [0.05, 0.1) is 0 Å². The van der Waals surface area contributed by atoms with E-state index in [0.717, 1.165) is 0 Å². The predicted octanol–water partition coefficient (Wildman–Crippen LogP) is -1.12. The first-order valence-electron chi connectivity index (χ1n) is 0.651. The van der Waals surface area contributed by atoms with Crippen molar-refractivity contribution in [3.63, 3.8) is 0 Å². The van der Waals surface area contributed by atoms with Gasteiger partial charge in [0.2, 0.25) is 0 Å². The molecule has 34 valence electrons. The predicted molar refractivity (Wildman–Crippen MR) is 28.6 cm³/mol. The fourth-order valence-electron chi connectivity index (χ4n) is 0. The molecule has 3 nitrogen and oxygen atoms in total. The van der Waals surface area contributed by atoms with Crippen LogP contribution in [0.25, 0.3) is 0 Å². The van der Waals surface area contributed by atoms with Gasteiger partial charge < -0.3 is 13.1 Å². The van der Waals surface area contributed by atoms with Crippen molar-refractivity contribution in [3.8, 4) is 0 Å². The first kappa shape index (κ1) is 16.0. The Hall–Kier alpha value is 0.569. The van der Waals surface area contributed by atoms with Gasteiger partial charge in [-0.3, -0.25) is 0 Å². The van der Waals surface area contributed by atoms with E-state index in [4.69, 9.17) is 15.0 Å². The maximum atomic E-state index is 8.56. The Labute approximate surface area is 64.6 Å². The normalized spacial score (nSPS) is 4.00. The summed E-state index contributed by atoms with van der Waals surface area (Å²) >= 11 is 0. The summed E-state index contributed by atoms with van der Waals surface area (Å²) in [6, 6.07) is 0. The molecule has 0 aromatic carbocycles. The van der Waals surface area contributed by atoms with E-state index < -0.39 is 6.16 Å². The molecule has 0 bridgehead atoms. The van der Waals surface area contributed by atoms with Crippen LogP contribution in [-0.2, 0) is 0 Å². The second-order valence-corrected chi connectivity index (χ2v) is 0.283. The minimum atomic E-state index is -1.83. The molecule has 0 aliphatic carbocycles. The van der Waals surface area contributed by atoms with Crippen LogP contribution in [0.3, 0.4) is 0 Å². The fourth-order valence-corrected chi connectivity index (χ4v) is 0. The molecule has 0 heterocycles. The van der Waals surface area contributed by atoms with Gasteiger partial charge in [-0.2, -0.15) is 0 Å². The molecular weight excluding hydrogens is 111 g/mol. The molecule has 0 aliphatic heterocycles. The van der Waals surface area contributed by atoms with Gasteiger partial charge in [0, 0.05) is 0 Å². The quantitative estimate of drug-likeness (QED) is 0.396. The van der Waals surface area contributed by atoms with Crippen molar-refractivity contribution < 1.29 is 17.9 Å². The van der Waals surface area contributed by atoms with Crippen molar-refractivity contribution in [2.45, 2.75) is 0 Å². The summed E-state index contributed by atoms with van der Waals surface area (Å²) < 4.78 is 0. The van der Waals surface area contributed by atoms with Crippen LogP contribution in [0.2, 0.25) is 0 Å². The number of carboxylic acid groups (broad SMARTS) is 2. The molecule has 0 fully saturated rings. The molecule has 0 unspecified atom stereocenters. The van der Waals surface area contributed by atoms with Crippen molar-refractivity contribution in [1.29, 1.82) is 0 Å². The molecule has 6 heavy (non-hydrogen) atoms. The molecule has 0 spiro atoms. The third-order valence-corrected chi connectivity index (χ3v) is 0. The molecule has 0 radical (unpaired) electrons. The van der Waals surface area contributed by atoms with Crippen LogP contribution in [0.1, 0.15) is 2.85 Å². The van der Waals surface area contributed by atoms with Gasteiger partial charge in [0.25, 0.3) is 0 Å². The minimum absolute atomic E-state index is 0. The first-order valence-corrected chi connectivity index (χ1v) is 0.651. The van der Waals surface area contributed by atoms with Gasteiger partial charge in [-0.05, 0) is 0 Å². The number of rotatable bonds is 0. The fraction of sp³-hybridized carbons (Fsp3) is 0. The van der Waals surface area contributed by atoms with Crippen molar-refractivity contribution >= 4 is 46.6 Å². The van der Waals surface area contributed by atoms with Crippen molar-refractivity contribution in [3.05, 3.63) is 0 Å². The number of hydrogen-bond donors (Lipinski definition) is 2. The topological polar surface area (TPSA) is 57.5 Å². The van der Waals surface area contributed by atoms with Gasteiger partial charge >= 0.3 is 29.2 Å². The average Bonchev–Trinajstić information content (AvgIpc) is 0.811. The van der Waals surface area contributed by atoms with E-state index in [1.807, 2.05) is 0 Å². The van der Waals surface area contributed by atoms with Crippen molar-refractivity contribution in [2.24, 2.45) is 0 Å². The maximum Gasteiger partial charge on any atom is 2.00 e. The van der Waals surface area contributed by atoms with E-state index >= 15 is 0 Å². The zero-order valence-corrected chi connectivity index (χ0v) is 3.92. The van der Waals surface area contributed by atoms with Gasteiger partial charge in [-0.25, -0.2) is 4.79 Å². The summed E-state index contributed by atoms with van der Waals surface area (Å²) in [6.07, 6.45) is -1.83. The molecule has 0 aliphatic rings. The Morgan fingerprint density at radius 3 is 1.50 bits per heavy atom. The summed E-state index contributed by atoms with van der Waals surface area (Å²) in [6.45, 7) is 0. The summed E-state index contributed by atoms with van der Waals surface area (Å²) in [5.74, 6) is 0. The standard InChI is InChI=1S/CH2O3.Al.Mg.5H/c2-1(3)4;;;;;;;/h(H2,2,3,4);;;;;;;/q;;+2;;;;2*-1. The summed E-state index contributed by atoms with van der Waals surface area (Å²) in [5, 5.41) is 13.9. The Balaban J connectivity index is -0.00000000750. The molecule has 0 amide bonds. The van der Waals surface area contributed by atoms with Crippen LogP contribution in [0.4, 0.5) is 4.79 Å². The Morgan fingerprint density at radius 1 is 1.50 bits per heavy atom. The van der Waals surface area contributed by atoms with E-state index in [1.165, 1.54) is 0 Å². The second-order valence-electron chi connectivity index (χ2n) is 0.283. The monoisotopic (exact) mass is 118 g/mol. The van der Waals surface area contributed by atoms with Crippen molar-refractivity contribution in [1.82, 2.24) is 0 Å². The van der Waals surface area contributed by atoms with Gasteiger partial charge in [-0.1, -0.05) is 0 Å². The number of carbonyl (C=O) groups is 1. The molecule has 0 rings (SSSR count). The Morgan fingerprint density at radius 2 is 1.50 bits per heavy atom. The smallest absolute Gasteiger partial charge is 1.00 e. The van der Waals surface area contributed by atoms with E-state index in [1.54, 1.807) is 0 Å². The zero-order chi connectivity index (χ0) is 3.58. The number of hydrogen-bond acceptors (Lipinski definition) is 1. The average molecular weight is 118 g/mol. The van der Waals surface area contributed by atoms with Gasteiger partial charge in [0.15, 0.2) is 17.4 Å². The SMILES string of the molecule is O=C(O)O.[AlH3].[H-].[H-].[Mg+2]. The van der Waals surface area contributed by atoms with E-state index in [2.05, 4.69) is 0 Å². The van der Waals surface area contributed by atoms with E-state index in [9.17, 15) is 0 Å². The molecule has 2 N–H and O–H groups in total. The van der Waals surface area contributed by atoms with Crippen molar-refractivity contribution in [2.75, 3.05) is 0 Å². The Kier molecular flexibility index (Phi) is 24.3. The van der Waals surface area contributed by atoms with Gasteiger partial charge in [0.1, 0.15) is 0 Å². The van der Waals surface area contributed by atoms with E-state index in [-0.39, 0.29) is 43.3 Å². The van der Waals surface area contributed by atoms with E-state index in [0.29, 0.717) is 0 Å². The van der Waals surface area contributed by atoms with Crippen LogP contribution < -0.4 is 0 Å². The van der Waals surface area contributed by atoms with Gasteiger partial charge in [-0.15, -0.1) is 0 Å². The molecule has 5 heteroatoms. The largest absolute Gasteiger partial charge is 2.00 e.